The molecule has 0 saturated carbocycles. The quantitative estimate of drug-likeness (QED) is 0.564. The highest BCUT2D eigenvalue weighted by atomic mass is 79.9. The third kappa shape index (κ3) is 7.15. The van der Waals surface area contributed by atoms with Crippen molar-refractivity contribution in [2.24, 2.45) is 0 Å². The molecule has 64 valence electrons. The highest BCUT2D eigenvalue weighted by Gasteiger charge is 2.10. The molecule has 0 aromatic carbocycles. The van der Waals surface area contributed by atoms with E-state index in [1.54, 1.807) is 0 Å². The molecule has 0 rings (SSSR count). The third-order valence-corrected chi connectivity index (χ3v) is 3.51. The second-order valence-electron chi connectivity index (χ2n) is 2.02. The smallest absolute Gasteiger partial charge is 0.211 e. The fourth-order valence-electron chi connectivity index (χ4n) is 0.534. The van der Waals surface area contributed by atoms with Crippen molar-refractivity contribution in [2.45, 2.75) is 24.1 Å². The standard InChI is InChI=1S/C6H7Br3O2/c7-4(6(9)11)2-1-3-5(8)10/h4H,1-3H2. The van der Waals surface area contributed by atoms with E-state index in [0.717, 1.165) is 6.42 Å². The van der Waals surface area contributed by atoms with E-state index in [4.69, 9.17) is 0 Å². The summed E-state index contributed by atoms with van der Waals surface area (Å²) < 4.78 is -0.0845. The van der Waals surface area contributed by atoms with Crippen molar-refractivity contribution in [1.29, 1.82) is 0 Å². The molecule has 0 fully saturated rings. The van der Waals surface area contributed by atoms with Crippen LogP contribution >= 0.6 is 47.8 Å². The van der Waals surface area contributed by atoms with Crippen LogP contribution in [-0.2, 0) is 9.59 Å². The van der Waals surface area contributed by atoms with Crippen molar-refractivity contribution < 1.29 is 9.59 Å². The largest absolute Gasteiger partial charge is 0.287 e. The molecule has 5 heteroatoms. The Morgan fingerprint density at radius 3 is 2.18 bits per heavy atom. The second kappa shape index (κ2) is 6.31. The molecule has 0 saturated heterocycles. The van der Waals surface area contributed by atoms with E-state index in [1.165, 1.54) is 0 Å². The highest BCUT2D eigenvalue weighted by Crippen LogP contribution is 2.14. The summed E-state index contributed by atoms with van der Waals surface area (Å²) in [7, 11) is 0. The maximum absolute atomic E-state index is 10.6. The van der Waals surface area contributed by atoms with E-state index in [1.807, 2.05) is 0 Å². The molecule has 2 nitrogen and oxygen atoms in total. The van der Waals surface area contributed by atoms with Crippen molar-refractivity contribution in [2.75, 3.05) is 0 Å². The lowest BCUT2D eigenvalue weighted by atomic mass is 10.2. The SMILES string of the molecule is O=C(Br)CCCC(Br)C(=O)Br. The van der Waals surface area contributed by atoms with Crippen LogP contribution in [0.5, 0.6) is 0 Å². The molecule has 0 aliphatic heterocycles. The molecule has 0 N–H and O–H groups in total. The molecular formula is C6H7Br3O2. The Hall–Kier alpha value is 0.780. The van der Waals surface area contributed by atoms with Crippen LogP contribution in [0.1, 0.15) is 19.3 Å². The summed E-state index contributed by atoms with van der Waals surface area (Å²) in [6, 6.07) is 0. The van der Waals surface area contributed by atoms with Crippen molar-refractivity contribution in [3.05, 3.63) is 0 Å². The maximum atomic E-state index is 10.6. The molecule has 0 spiro atoms. The van der Waals surface area contributed by atoms with Crippen molar-refractivity contribution >= 4 is 57.2 Å². The lowest BCUT2D eigenvalue weighted by molar-refractivity contribution is -0.111. The van der Waals surface area contributed by atoms with Crippen molar-refractivity contribution in [1.82, 2.24) is 0 Å². The molecule has 0 amide bonds. The Bertz CT molecular complexity index is 158. The molecule has 0 heterocycles. The number of halogens is 3. The Morgan fingerprint density at radius 1 is 1.27 bits per heavy atom. The normalized spacial score (nSPS) is 12.6. The number of rotatable bonds is 5. The van der Waals surface area contributed by atoms with Gasteiger partial charge < -0.3 is 0 Å². The van der Waals surface area contributed by atoms with Gasteiger partial charge in [-0.1, -0.05) is 15.9 Å². The zero-order valence-electron chi connectivity index (χ0n) is 5.65. The first-order chi connectivity index (χ1) is 5.04. The molecule has 0 radical (unpaired) electrons. The van der Waals surface area contributed by atoms with E-state index in [2.05, 4.69) is 47.8 Å². The van der Waals surface area contributed by atoms with Crippen LogP contribution < -0.4 is 0 Å². The average molecular weight is 351 g/mol. The third-order valence-electron chi connectivity index (χ3n) is 1.08. The molecule has 0 aromatic rings. The molecule has 0 aromatic heterocycles. The first-order valence-corrected chi connectivity index (χ1v) is 5.56. The number of alkyl halides is 1. The molecule has 11 heavy (non-hydrogen) atoms. The molecule has 0 aliphatic rings. The van der Waals surface area contributed by atoms with Gasteiger partial charge in [-0.3, -0.25) is 9.59 Å². The summed E-state index contributed by atoms with van der Waals surface area (Å²) in [4.78, 5) is 20.8. The number of hydrogen-bond acceptors (Lipinski definition) is 2. The topological polar surface area (TPSA) is 34.1 Å². The Kier molecular flexibility index (Phi) is 6.76. The van der Waals surface area contributed by atoms with E-state index >= 15 is 0 Å². The lowest BCUT2D eigenvalue weighted by Crippen LogP contribution is -2.06. The minimum atomic E-state index is -0.172. The van der Waals surface area contributed by atoms with Gasteiger partial charge in [-0.15, -0.1) is 0 Å². The highest BCUT2D eigenvalue weighted by molar-refractivity contribution is 9.20. The molecule has 1 unspecified atom stereocenters. The molecule has 0 aliphatic carbocycles. The summed E-state index contributed by atoms with van der Waals surface area (Å²) in [6.07, 6.45) is 1.88. The van der Waals surface area contributed by atoms with Gasteiger partial charge in [0.25, 0.3) is 0 Å². The van der Waals surface area contributed by atoms with Gasteiger partial charge >= 0.3 is 0 Å². The summed E-state index contributed by atoms with van der Waals surface area (Å²) in [5.74, 6) is 0. The van der Waals surface area contributed by atoms with Crippen molar-refractivity contribution in [3.63, 3.8) is 0 Å². The summed E-state index contributed by atoms with van der Waals surface area (Å²) in [5.41, 5.74) is 0. The van der Waals surface area contributed by atoms with Gasteiger partial charge in [0.05, 0.1) is 4.83 Å². The Labute approximate surface area is 90.5 Å². The minimum absolute atomic E-state index is 0.0146. The van der Waals surface area contributed by atoms with E-state index in [-0.39, 0.29) is 14.2 Å². The van der Waals surface area contributed by atoms with Crippen LogP contribution in [0.4, 0.5) is 0 Å². The zero-order valence-corrected chi connectivity index (χ0v) is 10.4. The van der Waals surface area contributed by atoms with Crippen LogP contribution in [0.25, 0.3) is 0 Å². The summed E-state index contributed by atoms with van der Waals surface area (Å²) in [6.45, 7) is 0. The average Bonchev–Trinajstić information content (AvgIpc) is 1.86. The van der Waals surface area contributed by atoms with Crippen LogP contribution in [0.3, 0.4) is 0 Å². The fraction of sp³-hybridized carbons (Fsp3) is 0.667. The van der Waals surface area contributed by atoms with Gasteiger partial charge in [-0.25, -0.2) is 0 Å². The number of carbonyl (C=O) groups is 2. The van der Waals surface area contributed by atoms with Gasteiger partial charge in [0.1, 0.15) is 0 Å². The first kappa shape index (κ1) is 11.8. The predicted octanol–water partition coefficient (Wildman–Crippen LogP) is 2.76. The number of hydrogen-bond donors (Lipinski definition) is 0. The Morgan fingerprint density at radius 2 is 1.82 bits per heavy atom. The van der Waals surface area contributed by atoms with Gasteiger partial charge in [-0.2, -0.15) is 0 Å². The number of carbonyl (C=O) groups excluding carboxylic acids is 2. The predicted molar refractivity (Wildman–Crippen MR) is 54.4 cm³/mol. The zero-order chi connectivity index (χ0) is 8.85. The summed E-state index contributed by atoms with van der Waals surface area (Å²) in [5, 5.41) is 0. The molecule has 1 atom stereocenters. The first-order valence-electron chi connectivity index (χ1n) is 3.05. The Balaban J connectivity index is 3.39. The minimum Gasteiger partial charge on any atom is -0.287 e. The molecule has 0 bridgehead atoms. The second-order valence-corrected chi connectivity index (χ2v) is 4.79. The van der Waals surface area contributed by atoms with Gasteiger partial charge in [-0.05, 0) is 44.7 Å². The maximum Gasteiger partial charge on any atom is 0.211 e. The van der Waals surface area contributed by atoms with Crippen LogP contribution in [0, 0.1) is 0 Å². The van der Waals surface area contributed by atoms with E-state index in [0.29, 0.717) is 12.8 Å². The van der Waals surface area contributed by atoms with E-state index in [9.17, 15) is 9.59 Å². The molecular weight excluding hydrogens is 344 g/mol. The lowest BCUT2D eigenvalue weighted by Gasteiger charge is -2.01. The summed E-state index contributed by atoms with van der Waals surface area (Å²) >= 11 is 8.80. The van der Waals surface area contributed by atoms with E-state index < -0.39 is 0 Å². The van der Waals surface area contributed by atoms with Crippen LogP contribution in [-0.4, -0.2) is 14.2 Å². The van der Waals surface area contributed by atoms with Crippen LogP contribution in [0.15, 0.2) is 0 Å². The van der Waals surface area contributed by atoms with Gasteiger partial charge in [0, 0.05) is 6.42 Å². The van der Waals surface area contributed by atoms with Crippen LogP contribution in [0.2, 0.25) is 0 Å². The van der Waals surface area contributed by atoms with Gasteiger partial charge in [0.15, 0.2) is 4.69 Å². The monoisotopic (exact) mass is 348 g/mol. The van der Waals surface area contributed by atoms with Crippen molar-refractivity contribution in [3.8, 4) is 0 Å². The fourth-order valence-corrected chi connectivity index (χ4v) is 1.37. The van der Waals surface area contributed by atoms with Gasteiger partial charge in [0.2, 0.25) is 4.69 Å².